The first-order chi connectivity index (χ1) is 9.90. The van der Waals surface area contributed by atoms with Crippen LogP contribution < -0.4 is 5.32 Å². The lowest BCUT2D eigenvalue weighted by Crippen LogP contribution is -2.16. The fraction of sp³-hybridized carbons (Fsp3) is 0.333. The summed E-state index contributed by atoms with van der Waals surface area (Å²) in [6.07, 6.45) is 3.00. The van der Waals surface area contributed by atoms with Crippen LogP contribution in [0, 0.1) is 0 Å². The summed E-state index contributed by atoms with van der Waals surface area (Å²) in [5, 5.41) is 12.5. The van der Waals surface area contributed by atoms with Crippen LogP contribution in [0.5, 0.6) is 0 Å². The maximum atomic E-state index is 9.06. The van der Waals surface area contributed by atoms with E-state index in [4.69, 9.17) is 5.11 Å². The molecule has 0 aliphatic rings. The summed E-state index contributed by atoms with van der Waals surface area (Å²) >= 11 is 0. The average molecular weight is 269 g/mol. The van der Waals surface area contributed by atoms with Gasteiger partial charge in [0.05, 0.1) is 0 Å². The zero-order valence-corrected chi connectivity index (χ0v) is 11.9. The Morgan fingerprint density at radius 3 is 2.25 bits per heavy atom. The molecule has 0 saturated heterocycles. The van der Waals surface area contributed by atoms with Gasteiger partial charge in [0.1, 0.15) is 0 Å². The third-order valence-electron chi connectivity index (χ3n) is 3.48. The average Bonchev–Trinajstić information content (AvgIpc) is 2.50. The highest BCUT2D eigenvalue weighted by molar-refractivity contribution is 5.27. The van der Waals surface area contributed by atoms with Gasteiger partial charge in [0.25, 0.3) is 0 Å². The number of aliphatic hydroxyl groups excluding tert-OH is 1. The number of hydrogen-bond acceptors (Lipinski definition) is 2. The first-order valence-corrected chi connectivity index (χ1v) is 7.32. The minimum atomic E-state index is 0.213. The second kappa shape index (κ2) is 8.51. The van der Waals surface area contributed by atoms with Crippen LogP contribution >= 0.6 is 0 Å². The maximum Gasteiger partial charge on any atom is 0.0471 e. The molecule has 0 aliphatic carbocycles. The predicted octanol–water partition coefficient (Wildman–Crippen LogP) is 2.94. The summed E-state index contributed by atoms with van der Waals surface area (Å²) in [6, 6.07) is 18.9. The molecule has 0 unspecified atom stereocenters. The van der Waals surface area contributed by atoms with E-state index in [0.29, 0.717) is 0 Å². The molecule has 0 spiro atoms. The van der Waals surface area contributed by atoms with Crippen molar-refractivity contribution >= 4 is 0 Å². The van der Waals surface area contributed by atoms with Crippen LogP contribution in [0.1, 0.15) is 23.1 Å². The molecule has 0 aliphatic heterocycles. The van der Waals surface area contributed by atoms with Crippen molar-refractivity contribution in [3.8, 4) is 0 Å². The Hall–Kier alpha value is -1.64. The molecular weight excluding hydrogens is 246 g/mol. The van der Waals surface area contributed by atoms with Crippen molar-refractivity contribution in [1.82, 2.24) is 5.32 Å². The molecule has 2 aromatic carbocycles. The largest absolute Gasteiger partial charge is 0.396 e. The van der Waals surface area contributed by atoms with E-state index in [0.717, 1.165) is 32.4 Å². The third kappa shape index (κ3) is 4.80. The molecule has 0 bridgehead atoms. The molecule has 0 aromatic heterocycles. The third-order valence-corrected chi connectivity index (χ3v) is 3.48. The number of hydrogen-bond donors (Lipinski definition) is 2. The second-order valence-corrected chi connectivity index (χ2v) is 5.01. The highest BCUT2D eigenvalue weighted by Gasteiger charge is 2.00. The minimum absolute atomic E-state index is 0.213. The molecule has 2 N–H and O–H groups in total. The Bertz CT molecular complexity index is 496. The Labute approximate surface area is 121 Å². The van der Waals surface area contributed by atoms with Gasteiger partial charge in [-0.15, -0.1) is 0 Å². The highest BCUT2D eigenvalue weighted by atomic mass is 16.2. The molecule has 0 atom stereocenters. The van der Waals surface area contributed by atoms with Crippen LogP contribution in [0.2, 0.25) is 0 Å². The van der Waals surface area contributed by atoms with E-state index in [2.05, 4.69) is 53.8 Å². The monoisotopic (exact) mass is 269 g/mol. The van der Waals surface area contributed by atoms with Gasteiger partial charge in [0, 0.05) is 13.2 Å². The Kier molecular flexibility index (Phi) is 6.28. The zero-order valence-electron chi connectivity index (χ0n) is 11.9. The van der Waals surface area contributed by atoms with Crippen molar-refractivity contribution in [3.05, 3.63) is 71.3 Å². The molecule has 106 valence electrons. The molecule has 2 rings (SSSR count). The summed E-state index contributed by atoms with van der Waals surface area (Å²) in [5.74, 6) is 0. The van der Waals surface area contributed by atoms with E-state index < -0.39 is 0 Å². The van der Waals surface area contributed by atoms with E-state index in [-0.39, 0.29) is 6.61 Å². The first kappa shape index (κ1) is 14.8. The molecule has 2 heteroatoms. The summed E-state index contributed by atoms with van der Waals surface area (Å²) in [5.41, 5.74) is 3.93. The van der Waals surface area contributed by atoms with Crippen LogP contribution in [0.25, 0.3) is 0 Å². The standard InChI is InChI=1S/C18H23NO/c20-14-12-17-10-4-5-11-18(17)15-19-13-6-9-16-7-2-1-3-8-16/h1-5,7-8,10-11,19-20H,6,9,12-15H2. The van der Waals surface area contributed by atoms with Crippen LogP contribution in [0.4, 0.5) is 0 Å². The normalized spacial score (nSPS) is 10.7. The fourth-order valence-corrected chi connectivity index (χ4v) is 2.38. The Morgan fingerprint density at radius 2 is 1.50 bits per heavy atom. The molecule has 2 nitrogen and oxygen atoms in total. The van der Waals surface area contributed by atoms with Gasteiger partial charge < -0.3 is 10.4 Å². The number of aliphatic hydroxyl groups is 1. The van der Waals surface area contributed by atoms with Crippen molar-refractivity contribution in [1.29, 1.82) is 0 Å². The number of benzene rings is 2. The second-order valence-electron chi connectivity index (χ2n) is 5.01. The lowest BCUT2D eigenvalue weighted by molar-refractivity contribution is 0.299. The van der Waals surface area contributed by atoms with Crippen LogP contribution in [-0.4, -0.2) is 18.3 Å². The number of rotatable bonds is 8. The quantitative estimate of drug-likeness (QED) is 0.722. The Morgan fingerprint density at radius 1 is 0.800 bits per heavy atom. The highest BCUT2D eigenvalue weighted by Crippen LogP contribution is 2.09. The van der Waals surface area contributed by atoms with Gasteiger partial charge in [-0.25, -0.2) is 0 Å². The molecule has 2 aromatic rings. The van der Waals surface area contributed by atoms with E-state index in [9.17, 15) is 0 Å². The van der Waals surface area contributed by atoms with Gasteiger partial charge in [0.15, 0.2) is 0 Å². The SMILES string of the molecule is OCCc1ccccc1CNCCCc1ccccc1. The molecule has 0 amide bonds. The lowest BCUT2D eigenvalue weighted by atomic mass is 10.0. The van der Waals surface area contributed by atoms with E-state index in [1.54, 1.807) is 0 Å². The van der Waals surface area contributed by atoms with Gasteiger partial charge in [-0.1, -0.05) is 54.6 Å². The molecule has 0 heterocycles. The van der Waals surface area contributed by atoms with Crippen molar-refractivity contribution in [3.63, 3.8) is 0 Å². The molecule has 20 heavy (non-hydrogen) atoms. The minimum Gasteiger partial charge on any atom is -0.396 e. The molecular formula is C18H23NO. The Balaban J connectivity index is 1.71. The van der Waals surface area contributed by atoms with Crippen molar-refractivity contribution < 1.29 is 5.11 Å². The predicted molar refractivity (Wildman–Crippen MR) is 83.7 cm³/mol. The van der Waals surface area contributed by atoms with E-state index in [1.165, 1.54) is 16.7 Å². The zero-order chi connectivity index (χ0) is 14.0. The van der Waals surface area contributed by atoms with Crippen molar-refractivity contribution in [2.45, 2.75) is 25.8 Å². The smallest absolute Gasteiger partial charge is 0.0471 e. The summed E-state index contributed by atoms with van der Waals surface area (Å²) < 4.78 is 0. The molecule has 0 fully saturated rings. The molecule has 0 saturated carbocycles. The van der Waals surface area contributed by atoms with Crippen LogP contribution in [0.3, 0.4) is 0 Å². The number of nitrogens with one attached hydrogen (secondary N) is 1. The summed E-state index contributed by atoms with van der Waals surface area (Å²) in [6.45, 7) is 2.11. The molecule has 0 radical (unpaired) electrons. The topological polar surface area (TPSA) is 32.3 Å². The fourth-order valence-electron chi connectivity index (χ4n) is 2.38. The van der Waals surface area contributed by atoms with Gasteiger partial charge in [0.2, 0.25) is 0 Å². The van der Waals surface area contributed by atoms with Crippen LogP contribution in [-0.2, 0) is 19.4 Å². The van der Waals surface area contributed by atoms with Crippen LogP contribution in [0.15, 0.2) is 54.6 Å². The lowest BCUT2D eigenvalue weighted by Gasteiger charge is -2.09. The number of aryl methyl sites for hydroxylation is 1. The summed E-state index contributed by atoms with van der Waals surface area (Å²) in [4.78, 5) is 0. The summed E-state index contributed by atoms with van der Waals surface area (Å²) in [7, 11) is 0. The van der Waals surface area contributed by atoms with Gasteiger partial charge in [-0.3, -0.25) is 0 Å². The van der Waals surface area contributed by atoms with Gasteiger partial charge >= 0.3 is 0 Å². The van der Waals surface area contributed by atoms with E-state index in [1.807, 2.05) is 6.07 Å². The van der Waals surface area contributed by atoms with E-state index >= 15 is 0 Å². The van der Waals surface area contributed by atoms with Crippen molar-refractivity contribution in [2.24, 2.45) is 0 Å². The first-order valence-electron chi connectivity index (χ1n) is 7.32. The maximum absolute atomic E-state index is 9.06. The van der Waals surface area contributed by atoms with Crippen molar-refractivity contribution in [2.75, 3.05) is 13.2 Å². The van der Waals surface area contributed by atoms with Gasteiger partial charge in [-0.2, -0.15) is 0 Å². The van der Waals surface area contributed by atoms with Gasteiger partial charge in [-0.05, 0) is 42.5 Å².